The lowest BCUT2D eigenvalue weighted by Crippen LogP contribution is -2.42. The minimum absolute atomic E-state index is 0.0129. The number of nitrogens with one attached hydrogen (secondary N) is 1. The molecule has 1 heterocycles. The quantitative estimate of drug-likeness (QED) is 0.933. The van der Waals surface area contributed by atoms with Crippen LogP contribution in [0, 0.1) is 19.8 Å². The molecular weight excluding hydrogens is 276 g/mol. The van der Waals surface area contributed by atoms with Crippen LogP contribution in [0.1, 0.15) is 49.4 Å². The van der Waals surface area contributed by atoms with Gasteiger partial charge in [0.25, 0.3) is 0 Å². The summed E-state index contributed by atoms with van der Waals surface area (Å²) in [6, 6.07) is 6.33. The molecule has 1 aliphatic heterocycles. The Morgan fingerprint density at radius 3 is 2.41 bits per heavy atom. The molecule has 0 bridgehead atoms. The van der Waals surface area contributed by atoms with Gasteiger partial charge in [0, 0.05) is 25.9 Å². The molecule has 1 atom stereocenters. The molecule has 1 N–H and O–H groups in total. The van der Waals surface area contributed by atoms with E-state index in [-0.39, 0.29) is 23.8 Å². The summed E-state index contributed by atoms with van der Waals surface area (Å²) in [6.45, 7) is 9.14. The number of rotatable bonds is 3. The van der Waals surface area contributed by atoms with E-state index in [0.29, 0.717) is 13.1 Å². The fourth-order valence-corrected chi connectivity index (χ4v) is 3.18. The monoisotopic (exact) mass is 302 g/mol. The van der Waals surface area contributed by atoms with Gasteiger partial charge in [-0.3, -0.25) is 9.59 Å². The van der Waals surface area contributed by atoms with Gasteiger partial charge >= 0.3 is 0 Å². The molecule has 2 amide bonds. The van der Waals surface area contributed by atoms with Gasteiger partial charge in [-0.1, -0.05) is 23.8 Å². The van der Waals surface area contributed by atoms with Crippen molar-refractivity contribution in [1.82, 2.24) is 10.2 Å². The lowest BCUT2D eigenvalue weighted by molar-refractivity contribution is -0.134. The molecule has 2 rings (SSSR count). The molecule has 120 valence electrons. The lowest BCUT2D eigenvalue weighted by Gasteiger charge is -2.31. The van der Waals surface area contributed by atoms with Crippen LogP contribution in [-0.2, 0) is 9.59 Å². The predicted molar refractivity (Wildman–Crippen MR) is 87.5 cm³/mol. The molecular formula is C18H26N2O2. The van der Waals surface area contributed by atoms with Crippen LogP contribution in [-0.4, -0.2) is 29.8 Å². The van der Waals surface area contributed by atoms with Crippen molar-refractivity contribution in [3.8, 4) is 0 Å². The number of hydrogen-bond donors (Lipinski definition) is 1. The zero-order chi connectivity index (χ0) is 16.3. The number of benzene rings is 1. The van der Waals surface area contributed by atoms with Gasteiger partial charge in [0.1, 0.15) is 0 Å². The summed E-state index contributed by atoms with van der Waals surface area (Å²) >= 11 is 0. The standard InChI is InChI=1S/C18H26N2O2/c1-12-5-6-17(13(2)11-12)14(3)19-18(22)16-7-9-20(10-8-16)15(4)21/h5-6,11,14,16H,7-10H2,1-4H3,(H,19,22)/t14-/m0/s1. The van der Waals surface area contributed by atoms with E-state index in [4.69, 9.17) is 0 Å². The van der Waals surface area contributed by atoms with Crippen LogP contribution in [0.3, 0.4) is 0 Å². The van der Waals surface area contributed by atoms with E-state index in [9.17, 15) is 9.59 Å². The highest BCUT2D eigenvalue weighted by Gasteiger charge is 2.27. The largest absolute Gasteiger partial charge is 0.349 e. The number of likely N-dealkylation sites (tertiary alicyclic amines) is 1. The Balaban J connectivity index is 1.93. The van der Waals surface area contributed by atoms with E-state index in [1.165, 1.54) is 16.7 Å². The van der Waals surface area contributed by atoms with Crippen molar-refractivity contribution in [1.29, 1.82) is 0 Å². The Morgan fingerprint density at radius 2 is 1.86 bits per heavy atom. The number of carbonyl (C=O) groups is 2. The summed E-state index contributed by atoms with van der Waals surface area (Å²) in [5.74, 6) is 0.224. The van der Waals surface area contributed by atoms with Gasteiger partial charge in [0.05, 0.1) is 6.04 Å². The average molecular weight is 302 g/mol. The van der Waals surface area contributed by atoms with Crippen molar-refractivity contribution in [3.05, 3.63) is 34.9 Å². The molecule has 0 radical (unpaired) electrons. The van der Waals surface area contributed by atoms with Gasteiger partial charge in [0.15, 0.2) is 0 Å². The number of nitrogens with zero attached hydrogens (tertiary/aromatic N) is 1. The maximum atomic E-state index is 12.4. The first-order chi connectivity index (χ1) is 10.4. The van der Waals surface area contributed by atoms with E-state index in [1.54, 1.807) is 6.92 Å². The number of carbonyl (C=O) groups excluding carboxylic acids is 2. The van der Waals surface area contributed by atoms with Crippen LogP contribution < -0.4 is 5.32 Å². The number of hydrogen-bond acceptors (Lipinski definition) is 2. The number of amides is 2. The second kappa shape index (κ2) is 6.95. The van der Waals surface area contributed by atoms with Gasteiger partial charge in [-0.2, -0.15) is 0 Å². The molecule has 0 unspecified atom stereocenters. The molecule has 0 aromatic heterocycles. The third-order valence-electron chi connectivity index (χ3n) is 4.56. The molecule has 1 saturated heterocycles. The lowest BCUT2D eigenvalue weighted by atomic mass is 9.94. The Morgan fingerprint density at radius 1 is 1.23 bits per heavy atom. The SMILES string of the molecule is CC(=O)N1CCC(C(=O)N[C@@H](C)c2ccc(C)cc2C)CC1. The molecule has 1 fully saturated rings. The van der Waals surface area contributed by atoms with E-state index < -0.39 is 0 Å². The first-order valence-electron chi connectivity index (χ1n) is 8.01. The maximum absolute atomic E-state index is 12.4. The van der Waals surface area contributed by atoms with Gasteiger partial charge < -0.3 is 10.2 Å². The molecule has 4 heteroatoms. The van der Waals surface area contributed by atoms with E-state index in [2.05, 4.69) is 37.4 Å². The van der Waals surface area contributed by atoms with Gasteiger partial charge in [0.2, 0.25) is 11.8 Å². The predicted octanol–water partition coefficient (Wildman–Crippen LogP) is 2.74. The summed E-state index contributed by atoms with van der Waals surface area (Å²) in [5, 5.41) is 3.13. The van der Waals surface area contributed by atoms with Crippen LogP contribution >= 0.6 is 0 Å². The third-order valence-corrected chi connectivity index (χ3v) is 4.56. The zero-order valence-corrected chi connectivity index (χ0v) is 14.0. The smallest absolute Gasteiger partial charge is 0.223 e. The zero-order valence-electron chi connectivity index (χ0n) is 14.0. The minimum Gasteiger partial charge on any atom is -0.349 e. The highest BCUT2D eigenvalue weighted by molar-refractivity contribution is 5.80. The molecule has 0 spiro atoms. The van der Waals surface area contributed by atoms with Crippen molar-refractivity contribution in [2.75, 3.05) is 13.1 Å². The Labute approximate surface area is 132 Å². The molecule has 4 nitrogen and oxygen atoms in total. The topological polar surface area (TPSA) is 49.4 Å². The highest BCUT2D eigenvalue weighted by atomic mass is 16.2. The molecule has 0 saturated carbocycles. The summed E-state index contributed by atoms with van der Waals surface area (Å²) in [7, 11) is 0. The van der Waals surface area contributed by atoms with Crippen LogP contribution in [0.25, 0.3) is 0 Å². The van der Waals surface area contributed by atoms with Crippen LogP contribution in [0.4, 0.5) is 0 Å². The molecule has 0 aliphatic carbocycles. The number of piperidine rings is 1. The van der Waals surface area contributed by atoms with Crippen molar-refractivity contribution in [3.63, 3.8) is 0 Å². The van der Waals surface area contributed by atoms with Crippen molar-refractivity contribution < 1.29 is 9.59 Å². The van der Waals surface area contributed by atoms with Crippen LogP contribution in [0.2, 0.25) is 0 Å². The molecule has 22 heavy (non-hydrogen) atoms. The Bertz CT molecular complexity index is 560. The normalized spacial score (nSPS) is 17.2. The van der Waals surface area contributed by atoms with Gasteiger partial charge in [-0.25, -0.2) is 0 Å². The molecule has 1 aliphatic rings. The highest BCUT2D eigenvalue weighted by Crippen LogP contribution is 2.22. The van der Waals surface area contributed by atoms with E-state index >= 15 is 0 Å². The summed E-state index contributed by atoms with van der Waals surface area (Å²) in [5.41, 5.74) is 3.61. The fourth-order valence-electron chi connectivity index (χ4n) is 3.18. The first kappa shape index (κ1) is 16.5. The second-order valence-corrected chi connectivity index (χ2v) is 6.37. The first-order valence-corrected chi connectivity index (χ1v) is 8.01. The Hall–Kier alpha value is -1.84. The van der Waals surface area contributed by atoms with Crippen molar-refractivity contribution in [2.24, 2.45) is 5.92 Å². The summed E-state index contributed by atoms with van der Waals surface area (Å²) in [6.07, 6.45) is 1.51. The maximum Gasteiger partial charge on any atom is 0.223 e. The molecule has 1 aromatic rings. The van der Waals surface area contributed by atoms with Crippen molar-refractivity contribution >= 4 is 11.8 Å². The van der Waals surface area contributed by atoms with E-state index in [0.717, 1.165) is 12.8 Å². The molecule has 1 aromatic carbocycles. The van der Waals surface area contributed by atoms with E-state index in [1.807, 2.05) is 11.8 Å². The second-order valence-electron chi connectivity index (χ2n) is 6.37. The summed E-state index contributed by atoms with van der Waals surface area (Å²) < 4.78 is 0. The number of aryl methyl sites for hydroxylation is 2. The van der Waals surface area contributed by atoms with Gasteiger partial charge in [-0.05, 0) is 44.7 Å². The average Bonchev–Trinajstić information content (AvgIpc) is 2.47. The Kier molecular flexibility index (Phi) is 5.22. The van der Waals surface area contributed by atoms with Gasteiger partial charge in [-0.15, -0.1) is 0 Å². The fraction of sp³-hybridized carbons (Fsp3) is 0.556. The minimum atomic E-state index is 0.0129. The summed E-state index contributed by atoms with van der Waals surface area (Å²) in [4.78, 5) is 25.6. The van der Waals surface area contributed by atoms with Crippen molar-refractivity contribution in [2.45, 2.75) is 46.6 Å². The van der Waals surface area contributed by atoms with Crippen LogP contribution in [0.15, 0.2) is 18.2 Å². The third kappa shape index (κ3) is 3.87. The van der Waals surface area contributed by atoms with Crippen LogP contribution in [0.5, 0.6) is 0 Å².